The number of hydrogen-bond donors (Lipinski definition) is 1. The van der Waals surface area contributed by atoms with Crippen molar-refractivity contribution in [1.29, 1.82) is 0 Å². The Hall–Kier alpha value is -0.260. The highest BCUT2D eigenvalue weighted by atomic mass is 32.2. The van der Waals surface area contributed by atoms with Gasteiger partial charge in [0.25, 0.3) is 0 Å². The van der Waals surface area contributed by atoms with Gasteiger partial charge in [0.2, 0.25) is 5.91 Å². The molecule has 4 nitrogen and oxygen atoms in total. The molecule has 0 aromatic heterocycles. The molecule has 5 heteroatoms. The second-order valence-electron chi connectivity index (χ2n) is 5.00. The van der Waals surface area contributed by atoms with Crippen molar-refractivity contribution < 1.29 is 4.79 Å². The van der Waals surface area contributed by atoms with E-state index in [1.165, 1.54) is 0 Å². The molecule has 18 heavy (non-hydrogen) atoms. The summed E-state index contributed by atoms with van der Waals surface area (Å²) in [6.07, 6.45) is 4.97. The van der Waals surface area contributed by atoms with E-state index in [9.17, 15) is 4.79 Å². The summed E-state index contributed by atoms with van der Waals surface area (Å²) in [5.74, 6) is 1.06. The lowest BCUT2D eigenvalue weighted by molar-refractivity contribution is -0.134. The predicted octanol–water partition coefficient (Wildman–Crippen LogP) is 1.01. The number of likely N-dealkylation sites (N-methyl/N-ethyl adjacent to an activating group) is 1. The number of likely N-dealkylation sites (tertiary alicyclic amines) is 1. The summed E-state index contributed by atoms with van der Waals surface area (Å²) in [5.41, 5.74) is 5.95. The van der Waals surface area contributed by atoms with E-state index in [4.69, 9.17) is 5.73 Å². The fourth-order valence-corrected chi connectivity index (χ4v) is 2.92. The van der Waals surface area contributed by atoms with Gasteiger partial charge in [0.05, 0.1) is 6.04 Å². The SMILES string of the molecule is CCN1CCC(N(C)C(=O)[C@@H](N)CCSC)CC1. The number of carbonyl (C=O) groups is 1. The van der Waals surface area contributed by atoms with Crippen molar-refractivity contribution in [3.05, 3.63) is 0 Å². The third-order valence-corrected chi connectivity index (χ3v) is 4.49. The summed E-state index contributed by atoms with van der Waals surface area (Å²) in [6.45, 7) is 5.49. The zero-order chi connectivity index (χ0) is 13.5. The first-order valence-electron chi connectivity index (χ1n) is 6.83. The highest BCUT2D eigenvalue weighted by molar-refractivity contribution is 7.98. The summed E-state index contributed by atoms with van der Waals surface area (Å²) in [7, 11) is 1.91. The van der Waals surface area contributed by atoms with E-state index in [2.05, 4.69) is 11.8 Å². The van der Waals surface area contributed by atoms with Crippen LogP contribution in [0.4, 0.5) is 0 Å². The Labute approximate surface area is 115 Å². The van der Waals surface area contributed by atoms with Crippen molar-refractivity contribution >= 4 is 17.7 Å². The topological polar surface area (TPSA) is 49.6 Å². The Morgan fingerprint density at radius 2 is 2.11 bits per heavy atom. The molecule has 1 atom stereocenters. The standard InChI is InChI=1S/C13H27N3OS/c1-4-16-8-5-11(6-9-16)15(2)13(17)12(14)7-10-18-3/h11-12H,4-10,14H2,1-3H3/t12-/m0/s1. The Morgan fingerprint density at radius 1 is 1.50 bits per heavy atom. The van der Waals surface area contributed by atoms with Gasteiger partial charge in [-0.1, -0.05) is 6.92 Å². The molecule has 0 aliphatic carbocycles. The number of hydrogen-bond acceptors (Lipinski definition) is 4. The molecule has 1 aliphatic rings. The maximum absolute atomic E-state index is 12.2. The molecule has 1 saturated heterocycles. The van der Waals surface area contributed by atoms with Crippen LogP contribution in [0.1, 0.15) is 26.2 Å². The quantitative estimate of drug-likeness (QED) is 0.785. The van der Waals surface area contributed by atoms with Crippen LogP contribution in [0.25, 0.3) is 0 Å². The van der Waals surface area contributed by atoms with E-state index in [1.54, 1.807) is 11.8 Å². The third kappa shape index (κ3) is 4.44. The zero-order valence-electron chi connectivity index (χ0n) is 11.9. The van der Waals surface area contributed by atoms with Crippen molar-refractivity contribution in [1.82, 2.24) is 9.80 Å². The van der Waals surface area contributed by atoms with E-state index >= 15 is 0 Å². The maximum atomic E-state index is 12.2. The first-order valence-corrected chi connectivity index (χ1v) is 8.23. The van der Waals surface area contributed by atoms with Crippen LogP contribution < -0.4 is 5.73 Å². The van der Waals surface area contributed by atoms with Crippen molar-refractivity contribution in [2.24, 2.45) is 5.73 Å². The molecule has 106 valence electrons. The molecular weight excluding hydrogens is 246 g/mol. The number of nitrogens with zero attached hydrogens (tertiary/aromatic N) is 2. The highest BCUT2D eigenvalue weighted by Crippen LogP contribution is 2.16. The molecule has 1 fully saturated rings. The number of rotatable bonds is 6. The molecule has 0 saturated carbocycles. The second-order valence-corrected chi connectivity index (χ2v) is 5.99. The number of thioether (sulfide) groups is 1. The number of nitrogens with two attached hydrogens (primary N) is 1. The average Bonchev–Trinajstić information content (AvgIpc) is 2.43. The Balaban J connectivity index is 2.39. The lowest BCUT2D eigenvalue weighted by Gasteiger charge is -2.37. The highest BCUT2D eigenvalue weighted by Gasteiger charge is 2.27. The molecule has 0 bridgehead atoms. The second kappa shape index (κ2) is 8.02. The van der Waals surface area contributed by atoms with Crippen LogP contribution >= 0.6 is 11.8 Å². The van der Waals surface area contributed by atoms with Crippen LogP contribution in [0.5, 0.6) is 0 Å². The molecule has 0 spiro atoms. The van der Waals surface area contributed by atoms with Crippen LogP contribution in [-0.4, -0.2) is 66.5 Å². The molecule has 0 aromatic carbocycles. The van der Waals surface area contributed by atoms with E-state index < -0.39 is 0 Å². The molecule has 0 unspecified atom stereocenters. The van der Waals surface area contributed by atoms with Crippen molar-refractivity contribution in [3.8, 4) is 0 Å². The van der Waals surface area contributed by atoms with Crippen LogP contribution in [0.15, 0.2) is 0 Å². The average molecular weight is 273 g/mol. The monoisotopic (exact) mass is 273 g/mol. The summed E-state index contributed by atoms with van der Waals surface area (Å²) in [4.78, 5) is 16.5. The fourth-order valence-electron chi connectivity index (χ4n) is 2.43. The smallest absolute Gasteiger partial charge is 0.239 e. The van der Waals surface area contributed by atoms with Gasteiger partial charge in [-0.2, -0.15) is 11.8 Å². The van der Waals surface area contributed by atoms with Gasteiger partial charge in [0.1, 0.15) is 0 Å². The lowest BCUT2D eigenvalue weighted by Crippen LogP contribution is -2.50. The summed E-state index contributed by atoms with van der Waals surface area (Å²) >= 11 is 1.74. The predicted molar refractivity (Wildman–Crippen MR) is 78.9 cm³/mol. The van der Waals surface area contributed by atoms with E-state index in [0.717, 1.165) is 44.6 Å². The molecule has 1 rings (SSSR count). The van der Waals surface area contributed by atoms with Crippen molar-refractivity contribution in [2.45, 2.75) is 38.3 Å². The van der Waals surface area contributed by atoms with Crippen LogP contribution in [0.2, 0.25) is 0 Å². The maximum Gasteiger partial charge on any atom is 0.239 e. The first kappa shape index (κ1) is 15.8. The number of carbonyl (C=O) groups excluding carboxylic acids is 1. The van der Waals surface area contributed by atoms with Gasteiger partial charge >= 0.3 is 0 Å². The molecule has 1 aliphatic heterocycles. The Morgan fingerprint density at radius 3 is 2.61 bits per heavy atom. The minimum atomic E-state index is -0.327. The van der Waals surface area contributed by atoms with Gasteiger partial charge < -0.3 is 15.5 Å². The summed E-state index contributed by atoms with van der Waals surface area (Å²) in [5, 5.41) is 0. The number of amides is 1. The number of piperidine rings is 1. The van der Waals surface area contributed by atoms with E-state index in [1.807, 2.05) is 18.2 Å². The molecular formula is C13H27N3OS. The Kier molecular flexibility index (Phi) is 7.04. The third-order valence-electron chi connectivity index (χ3n) is 3.85. The fraction of sp³-hybridized carbons (Fsp3) is 0.923. The molecule has 0 aromatic rings. The molecule has 0 radical (unpaired) electrons. The van der Waals surface area contributed by atoms with Gasteiger partial charge in [-0.3, -0.25) is 4.79 Å². The van der Waals surface area contributed by atoms with Gasteiger partial charge in [-0.05, 0) is 37.8 Å². The van der Waals surface area contributed by atoms with Crippen LogP contribution in [0.3, 0.4) is 0 Å². The van der Waals surface area contributed by atoms with Crippen molar-refractivity contribution in [2.75, 3.05) is 38.7 Å². The minimum Gasteiger partial charge on any atom is -0.341 e. The summed E-state index contributed by atoms with van der Waals surface area (Å²) in [6, 6.07) is 0.0484. The Bertz CT molecular complexity index is 255. The summed E-state index contributed by atoms with van der Waals surface area (Å²) < 4.78 is 0. The molecule has 1 heterocycles. The minimum absolute atomic E-state index is 0.110. The van der Waals surface area contributed by atoms with Gasteiger partial charge in [-0.25, -0.2) is 0 Å². The zero-order valence-corrected chi connectivity index (χ0v) is 12.7. The first-order chi connectivity index (χ1) is 8.60. The molecule has 1 amide bonds. The van der Waals surface area contributed by atoms with Gasteiger partial charge in [-0.15, -0.1) is 0 Å². The largest absolute Gasteiger partial charge is 0.341 e. The van der Waals surface area contributed by atoms with Crippen molar-refractivity contribution in [3.63, 3.8) is 0 Å². The molecule has 2 N–H and O–H groups in total. The van der Waals surface area contributed by atoms with Crippen LogP contribution in [-0.2, 0) is 4.79 Å². The lowest BCUT2D eigenvalue weighted by atomic mass is 10.0. The van der Waals surface area contributed by atoms with E-state index in [0.29, 0.717) is 6.04 Å². The van der Waals surface area contributed by atoms with Gasteiger partial charge in [0, 0.05) is 26.2 Å². The van der Waals surface area contributed by atoms with Crippen LogP contribution in [0, 0.1) is 0 Å². The van der Waals surface area contributed by atoms with E-state index in [-0.39, 0.29) is 11.9 Å². The normalized spacial score (nSPS) is 19.8. The van der Waals surface area contributed by atoms with Gasteiger partial charge in [0.15, 0.2) is 0 Å².